The molecule has 0 fully saturated rings. The molecule has 0 aromatic heterocycles. The molecule has 0 spiro atoms. The fraction of sp³-hybridized carbons (Fsp3) is 0.600. The van der Waals surface area contributed by atoms with Crippen molar-refractivity contribution in [3.63, 3.8) is 0 Å². The van der Waals surface area contributed by atoms with E-state index in [4.69, 9.17) is 5.26 Å². The maximum absolute atomic E-state index is 10.2. The molecule has 0 aromatic rings. The number of nitriles is 1. The molecular formula is C5H7Cu11NO2. The van der Waals surface area contributed by atoms with Crippen molar-refractivity contribution in [3.8, 4) is 6.07 Å². The van der Waals surface area contributed by atoms with Crippen LogP contribution < -0.4 is 0 Å². The monoisotopic (exact) mass is 805 g/mol. The molecule has 3 nitrogen and oxygen atoms in total. The first-order chi connectivity index (χ1) is 3.81. The molecule has 0 saturated heterocycles. The number of ether oxygens (including phenoxy) is 1. The molecule has 165 valence electrons. The van der Waals surface area contributed by atoms with E-state index in [1.165, 1.54) is 0 Å². The van der Waals surface area contributed by atoms with Gasteiger partial charge in [-0.2, -0.15) is 5.26 Å². The molecule has 0 aliphatic rings. The average molecular weight is 812 g/mol. The van der Waals surface area contributed by atoms with Crippen LogP contribution in [0.15, 0.2) is 0 Å². The molecule has 0 saturated carbocycles. The van der Waals surface area contributed by atoms with Crippen LogP contribution in [-0.2, 0) is 197 Å². The van der Waals surface area contributed by atoms with E-state index in [1.807, 2.05) is 0 Å². The van der Waals surface area contributed by atoms with E-state index in [-0.39, 0.29) is 194 Å². The van der Waals surface area contributed by atoms with Crippen molar-refractivity contribution in [3.05, 3.63) is 0 Å². The summed E-state index contributed by atoms with van der Waals surface area (Å²) in [6, 6.07) is 1.68. The first kappa shape index (κ1) is 89.3. The Morgan fingerprint density at radius 3 is 1.26 bits per heavy atom. The van der Waals surface area contributed by atoms with Crippen molar-refractivity contribution in [1.29, 1.82) is 5.26 Å². The molecule has 0 amide bonds. The normalized spacial score (nSPS) is 3.16. The predicted octanol–water partition coefficient (Wildman–Crippen LogP) is 0.436. The first-order valence-electron chi connectivity index (χ1n) is 2.33. The van der Waals surface area contributed by atoms with Crippen molar-refractivity contribution >= 4 is 5.97 Å². The molecule has 0 heterocycles. The zero-order valence-corrected chi connectivity index (χ0v) is 18.4. The Morgan fingerprint density at radius 1 is 0.842 bits per heavy atom. The molecule has 0 aromatic carbocycles. The summed E-state index contributed by atoms with van der Waals surface area (Å²) < 4.78 is 4.42. The number of nitrogens with zero attached hydrogens (tertiary/aromatic N) is 1. The van der Waals surface area contributed by atoms with E-state index in [9.17, 15) is 4.79 Å². The number of hydrogen-bond acceptors (Lipinski definition) is 3. The summed E-state index contributed by atoms with van der Waals surface area (Å²) in [4.78, 5) is 10.2. The van der Waals surface area contributed by atoms with Crippen molar-refractivity contribution in [2.45, 2.75) is 13.3 Å². The van der Waals surface area contributed by atoms with Gasteiger partial charge in [-0.05, 0) is 6.92 Å². The van der Waals surface area contributed by atoms with Crippen LogP contribution in [0, 0.1) is 11.3 Å². The largest absolute Gasteiger partial charge is 0.465 e. The summed E-state index contributed by atoms with van der Waals surface area (Å²) in [5, 5.41) is 7.91. The number of esters is 1. The Balaban J connectivity index is -0.00000000445. The molecule has 0 aliphatic carbocycles. The van der Waals surface area contributed by atoms with Crippen molar-refractivity contribution in [2.75, 3.05) is 6.61 Å². The summed E-state index contributed by atoms with van der Waals surface area (Å²) in [6.07, 6.45) is -0.145. The minimum absolute atomic E-state index is 0. The van der Waals surface area contributed by atoms with E-state index in [1.54, 1.807) is 13.0 Å². The standard InChI is InChI=1S/C5H7NO2.11Cu/c1-2-8-5(7)3-4-6;;;;;;;;;;;/h2-3H2,1H3;;;;;;;;;;;. The third-order valence-electron chi connectivity index (χ3n) is 0.529. The summed E-state index contributed by atoms with van der Waals surface area (Å²) in [5.41, 5.74) is 0. The van der Waals surface area contributed by atoms with Gasteiger partial charge in [-0.3, -0.25) is 4.79 Å². The van der Waals surface area contributed by atoms with Gasteiger partial charge in [-0.1, -0.05) is 0 Å². The van der Waals surface area contributed by atoms with Gasteiger partial charge in [0.2, 0.25) is 0 Å². The molecular weight excluding hydrogens is 805 g/mol. The van der Waals surface area contributed by atoms with E-state index in [0.29, 0.717) is 6.61 Å². The number of carbonyl (C=O) groups excluding carboxylic acids is 1. The quantitative estimate of drug-likeness (QED) is 0.301. The van der Waals surface area contributed by atoms with Crippen LogP contribution in [-0.4, -0.2) is 12.6 Å². The Hall–Kier alpha value is 4.67. The third kappa shape index (κ3) is 85.1. The third-order valence-corrected chi connectivity index (χ3v) is 0.529. The van der Waals surface area contributed by atoms with Crippen LogP contribution in [0.1, 0.15) is 13.3 Å². The molecule has 0 bridgehead atoms. The number of carbonyl (C=O) groups is 1. The van der Waals surface area contributed by atoms with Gasteiger partial charge in [-0.25, -0.2) is 0 Å². The second kappa shape index (κ2) is 78.2. The van der Waals surface area contributed by atoms with E-state index >= 15 is 0 Å². The van der Waals surface area contributed by atoms with Gasteiger partial charge in [0, 0.05) is 188 Å². The average Bonchev–Trinajstić information content (AvgIpc) is 1.68. The van der Waals surface area contributed by atoms with Gasteiger partial charge >= 0.3 is 5.97 Å². The van der Waals surface area contributed by atoms with Crippen LogP contribution in [0.5, 0.6) is 0 Å². The van der Waals surface area contributed by atoms with Crippen molar-refractivity contribution in [2.24, 2.45) is 0 Å². The summed E-state index contributed by atoms with van der Waals surface area (Å²) in [6.45, 7) is 2.05. The molecule has 0 unspecified atom stereocenters. The molecule has 14 heteroatoms. The van der Waals surface area contributed by atoms with Crippen LogP contribution in [0.2, 0.25) is 0 Å². The van der Waals surface area contributed by atoms with E-state index in [0.717, 1.165) is 0 Å². The van der Waals surface area contributed by atoms with E-state index < -0.39 is 5.97 Å². The maximum Gasteiger partial charge on any atom is 0.320 e. The predicted molar refractivity (Wildman–Crippen MR) is 26.9 cm³/mol. The Bertz CT molecular complexity index is 133. The minimum Gasteiger partial charge on any atom is -0.465 e. The van der Waals surface area contributed by atoms with Gasteiger partial charge < -0.3 is 4.74 Å². The van der Waals surface area contributed by atoms with Crippen LogP contribution in [0.3, 0.4) is 0 Å². The molecule has 19 heavy (non-hydrogen) atoms. The number of rotatable bonds is 2. The SMILES string of the molecule is CCOC(=O)CC#N.[Cu].[Cu].[Cu].[Cu].[Cu].[Cu].[Cu].[Cu].[Cu].[Cu].[Cu]. The fourth-order valence-corrected chi connectivity index (χ4v) is 0.277. The second-order valence-electron chi connectivity index (χ2n) is 1.14. The summed E-state index contributed by atoms with van der Waals surface area (Å²) in [7, 11) is 0. The van der Waals surface area contributed by atoms with Crippen LogP contribution in [0.4, 0.5) is 0 Å². The fourth-order valence-electron chi connectivity index (χ4n) is 0.277. The Kier molecular flexibility index (Phi) is 367. The minimum atomic E-state index is -0.449. The van der Waals surface area contributed by atoms with Gasteiger partial charge in [0.25, 0.3) is 0 Å². The summed E-state index contributed by atoms with van der Waals surface area (Å²) >= 11 is 0. The topological polar surface area (TPSA) is 50.1 Å². The molecule has 11 radical (unpaired) electrons. The Morgan fingerprint density at radius 2 is 1.11 bits per heavy atom. The molecule has 0 aliphatic heterocycles. The Labute approximate surface area is 230 Å². The van der Waals surface area contributed by atoms with Crippen molar-refractivity contribution in [1.82, 2.24) is 0 Å². The maximum atomic E-state index is 10.2. The van der Waals surface area contributed by atoms with Crippen LogP contribution in [0.25, 0.3) is 0 Å². The molecule has 0 atom stereocenters. The number of hydrogen-bond donors (Lipinski definition) is 0. The zero-order chi connectivity index (χ0) is 6.41. The summed E-state index contributed by atoms with van der Waals surface area (Å²) in [5.74, 6) is -0.449. The smallest absolute Gasteiger partial charge is 0.320 e. The van der Waals surface area contributed by atoms with Gasteiger partial charge in [0.05, 0.1) is 12.7 Å². The zero-order valence-electron chi connectivity index (χ0n) is 7.99. The van der Waals surface area contributed by atoms with E-state index in [2.05, 4.69) is 4.74 Å². The van der Waals surface area contributed by atoms with Gasteiger partial charge in [-0.15, -0.1) is 0 Å². The molecule has 0 N–H and O–H groups in total. The van der Waals surface area contributed by atoms with Gasteiger partial charge in [0.1, 0.15) is 6.42 Å². The second-order valence-corrected chi connectivity index (χ2v) is 1.14. The van der Waals surface area contributed by atoms with Crippen LogP contribution >= 0.6 is 0 Å². The van der Waals surface area contributed by atoms with Crippen molar-refractivity contribution < 1.29 is 197 Å². The molecule has 0 rings (SSSR count). The van der Waals surface area contributed by atoms with Gasteiger partial charge in [0.15, 0.2) is 0 Å². The first-order valence-corrected chi connectivity index (χ1v) is 2.33.